The maximum absolute atomic E-state index is 11.7. The summed E-state index contributed by atoms with van der Waals surface area (Å²) >= 11 is 0. The van der Waals surface area contributed by atoms with Crippen molar-refractivity contribution in [3.63, 3.8) is 0 Å². The topological polar surface area (TPSA) is 75.6 Å². The van der Waals surface area contributed by atoms with Crippen LogP contribution in [0.2, 0.25) is 0 Å². The Hall–Kier alpha value is -0.100. The van der Waals surface area contributed by atoms with Crippen LogP contribution in [0.25, 0.3) is 0 Å². The Balaban J connectivity index is 0. The predicted molar refractivity (Wildman–Crippen MR) is 94.6 cm³/mol. The molecular formula is C17H34NNaO4. The standard InChI is InChI=1S/C17H33NO4.Na.H/c1-3-4-5-6-7-8-9-10-11-12-16(20)18-15(2)17(21)22-14-13-19;;/h15,19H,3-14H2,1-2H3,(H,18,20);;/t15-;;/m0../s1. The molecule has 0 unspecified atom stereocenters. The van der Waals surface area contributed by atoms with Gasteiger partial charge in [-0.25, -0.2) is 4.79 Å². The zero-order valence-electron chi connectivity index (χ0n) is 14.2. The van der Waals surface area contributed by atoms with Gasteiger partial charge in [0.1, 0.15) is 12.6 Å². The number of rotatable bonds is 14. The number of esters is 1. The SMILES string of the molecule is CCCCCCCCCCCC(=O)N[C@@H](C)C(=O)OCCO.[NaH]. The molecule has 0 saturated heterocycles. The van der Waals surface area contributed by atoms with Gasteiger partial charge in [-0.1, -0.05) is 58.3 Å². The maximum atomic E-state index is 11.7. The van der Waals surface area contributed by atoms with Crippen molar-refractivity contribution in [3.05, 3.63) is 0 Å². The molecule has 5 nitrogen and oxygen atoms in total. The molecule has 0 aromatic heterocycles. The molecule has 1 amide bonds. The van der Waals surface area contributed by atoms with Gasteiger partial charge in [-0.2, -0.15) is 0 Å². The molecule has 0 aromatic carbocycles. The third kappa shape index (κ3) is 16.5. The monoisotopic (exact) mass is 339 g/mol. The molecule has 1 atom stereocenters. The molecule has 0 spiro atoms. The van der Waals surface area contributed by atoms with Gasteiger partial charge in [0, 0.05) is 6.42 Å². The molecule has 0 bridgehead atoms. The van der Waals surface area contributed by atoms with Gasteiger partial charge >= 0.3 is 35.5 Å². The molecule has 0 fully saturated rings. The van der Waals surface area contributed by atoms with Gasteiger partial charge in [-0.05, 0) is 13.3 Å². The molecule has 0 radical (unpaired) electrons. The van der Waals surface area contributed by atoms with Crippen LogP contribution in [-0.4, -0.2) is 65.8 Å². The Bertz CT molecular complexity index is 300. The fraction of sp³-hybridized carbons (Fsp3) is 0.882. The van der Waals surface area contributed by atoms with Crippen LogP contribution >= 0.6 is 0 Å². The Morgan fingerprint density at radius 2 is 1.52 bits per heavy atom. The van der Waals surface area contributed by atoms with E-state index in [2.05, 4.69) is 12.2 Å². The van der Waals surface area contributed by atoms with E-state index in [1.54, 1.807) is 6.92 Å². The van der Waals surface area contributed by atoms with E-state index < -0.39 is 12.0 Å². The van der Waals surface area contributed by atoms with Crippen molar-refractivity contribution in [3.8, 4) is 0 Å². The zero-order valence-corrected chi connectivity index (χ0v) is 14.2. The minimum atomic E-state index is -0.655. The number of amides is 1. The third-order valence-corrected chi connectivity index (χ3v) is 3.57. The van der Waals surface area contributed by atoms with Crippen molar-refractivity contribution >= 4 is 41.4 Å². The molecule has 0 aromatic rings. The first-order chi connectivity index (χ1) is 10.6. The van der Waals surface area contributed by atoms with E-state index in [1.807, 2.05) is 0 Å². The first-order valence-corrected chi connectivity index (χ1v) is 8.68. The van der Waals surface area contributed by atoms with E-state index in [9.17, 15) is 9.59 Å². The number of ether oxygens (including phenoxy) is 1. The fourth-order valence-corrected chi connectivity index (χ4v) is 2.24. The van der Waals surface area contributed by atoms with Crippen molar-refractivity contribution in [2.45, 2.75) is 84.1 Å². The molecule has 0 rings (SSSR count). The van der Waals surface area contributed by atoms with Crippen LogP contribution in [0.1, 0.15) is 78.1 Å². The average Bonchev–Trinajstić information content (AvgIpc) is 2.50. The summed E-state index contributed by atoms with van der Waals surface area (Å²) in [7, 11) is 0. The molecule has 0 aliphatic rings. The summed E-state index contributed by atoms with van der Waals surface area (Å²) in [5.41, 5.74) is 0. The van der Waals surface area contributed by atoms with E-state index in [-0.39, 0.29) is 48.7 Å². The summed E-state index contributed by atoms with van der Waals surface area (Å²) < 4.78 is 4.75. The molecule has 6 heteroatoms. The number of nitrogens with one attached hydrogen (secondary N) is 1. The van der Waals surface area contributed by atoms with E-state index in [1.165, 1.54) is 44.9 Å². The van der Waals surface area contributed by atoms with E-state index in [0.29, 0.717) is 6.42 Å². The molecule has 0 heterocycles. The Morgan fingerprint density at radius 1 is 1.00 bits per heavy atom. The summed E-state index contributed by atoms with van der Waals surface area (Å²) in [5.74, 6) is -0.620. The van der Waals surface area contributed by atoms with Crippen LogP contribution in [0, 0.1) is 0 Å². The van der Waals surface area contributed by atoms with Crippen LogP contribution in [0.3, 0.4) is 0 Å². The summed E-state index contributed by atoms with van der Waals surface area (Å²) in [4.78, 5) is 23.1. The summed E-state index contributed by atoms with van der Waals surface area (Å²) in [6.07, 6.45) is 11.4. The van der Waals surface area contributed by atoms with Crippen LogP contribution in [0.15, 0.2) is 0 Å². The molecule has 23 heavy (non-hydrogen) atoms. The minimum absolute atomic E-state index is 0. The first-order valence-electron chi connectivity index (χ1n) is 8.68. The van der Waals surface area contributed by atoms with E-state index >= 15 is 0 Å². The molecule has 0 aliphatic heterocycles. The van der Waals surface area contributed by atoms with Crippen LogP contribution < -0.4 is 5.32 Å². The van der Waals surface area contributed by atoms with Crippen LogP contribution in [0.5, 0.6) is 0 Å². The number of hydrogen-bond acceptors (Lipinski definition) is 4. The molecule has 132 valence electrons. The molecule has 0 aliphatic carbocycles. The Kier molecular flexibility index (Phi) is 19.9. The van der Waals surface area contributed by atoms with Crippen molar-refractivity contribution in [1.82, 2.24) is 5.32 Å². The molecular weight excluding hydrogens is 305 g/mol. The second-order valence-electron chi connectivity index (χ2n) is 5.76. The van der Waals surface area contributed by atoms with Gasteiger partial charge < -0.3 is 15.2 Å². The quantitative estimate of drug-likeness (QED) is 0.289. The van der Waals surface area contributed by atoms with Crippen LogP contribution in [0.4, 0.5) is 0 Å². The average molecular weight is 339 g/mol. The van der Waals surface area contributed by atoms with Crippen molar-refractivity contribution < 1.29 is 19.4 Å². The first kappa shape index (κ1) is 25.1. The second kappa shape index (κ2) is 18.2. The number of aliphatic hydroxyl groups excluding tert-OH is 1. The van der Waals surface area contributed by atoms with Crippen molar-refractivity contribution in [2.75, 3.05) is 13.2 Å². The summed E-state index contributed by atoms with van der Waals surface area (Å²) in [6.45, 7) is 3.58. The second-order valence-corrected chi connectivity index (χ2v) is 5.76. The predicted octanol–water partition coefficient (Wildman–Crippen LogP) is 2.30. The van der Waals surface area contributed by atoms with E-state index in [0.717, 1.165) is 12.8 Å². The van der Waals surface area contributed by atoms with Gasteiger partial charge in [0.05, 0.1) is 6.61 Å². The number of aliphatic hydroxyl groups is 1. The van der Waals surface area contributed by atoms with Crippen LogP contribution in [-0.2, 0) is 14.3 Å². The van der Waals surface area contributed by atoms with Gasteiger partial charge in [-0.3, -0.25) is 4.79 Å². The summed E-state index contributed by atoms with van der Waals surface area (Å²) in [5, 5.41) is 11.2. The van der Waals surface area contributed by atoms with Crippen molar-refractivity contribution in [1.29, 1.82) is 0 Å². The van der Waals surface area contributed by atoms with Gasteiger partial charge in [-0.15, -0.1) is 0 Å². The number of unbranched alkanes of at least 4 members (excludes halogenated alkanes) is 8. The summed E-state index contributed by atoms with van der Waals surface area (Å²) in [6, 6.07) is -0.655. The van der Waals surface area contributed by atoms with Crippen molar-refractivity contribution in [2.24, 2.45) is 0 Å². The molecule has 2 N–H and O–H groups in total. The third-order valence-electron chi connectivity index (χ3n) is 3.57. The Labute approximate surface area is 163 Å². The zero-order chi connectivity index (χ0) is 16.6. The number of carbonyl (C=O) groups excluding carboxylic acids is 2. The van der Waals surface area contributed by atoms with Gasteiger partial charge in [0.15, 0.2) is 0 Å². The van der Waals surface area contributed by atoms with E-state index in [4.69, 9.17) is 9.84 Å². The fourth-order valence-electron chi connectivity index (χ4n) is 2.24. The normalized spacial score (nSPS) is 11.4. The Morgan fingerprint density at radius 3 is 2.04 bits per heavy atom. The van der Waals surface area contributed by atoms with Gasteiger partial charge in [0.2, 0.25) is 5.91 Å². The van der Waals surface area contributed by atoms with Gasteiger partial charge in [0.25, 0.3) is 0 Å². The number of carbonyl (C=O) groups is 2. The number of hydrogen-bond donors (Lipinski definition) is 2. The molecule has 0 saturated carbocycles.